The lowest BCUT2D eigenvalue weighted by molar-refractivity contribution is 0.797. The fraction of sp³-hybridized carbons (Fsp3) is 0.0244. The van der Waals surface area contributed by atoms with Gasteiger partial charge in [-0.05, 0) is 67.1 Å². The van der Waals surface area contributed by atoms with Crippen molar-refractivity contribution in [1.29, 1.82) is 0 Å². The molecule has 2 aliphatic carbocycles. The topological polar surface area (TPSA) is 25.8 Å². The van der Waals surface area contributed by atoms with E-state index >= 15 is 0 Å². The van der Waals surface area contributed by atoms with E-state index in [-0.39, 0.29) is 0 Å². The quantitative estimate of drug-likeness (QED) is 0.202. The van der Waals surface area contributed by atoms with Gasteiger partial charge in [-0.1, -0.05) is 133 Å². The fourth-order valence-corrected chi connectivity index (χ4v) is 7.95. The molecule has 1 spiro atoms. The van der Waals surface area contributed by atoms with Crippen molar-refractivity contribution in [3.05, 3.63) is 168 Å². The van der Waals surface area contributed by atoms with Gasteiger partial charge in [-0.2, -0.15) is 0 Å². The van der Waals surface area contributed by atoms with Crippen molar-refractivity contribution in [2.75, 3.05) is 0 Å². The first-order valence-corrected chi connectivity index (χ1v) is 14.8. The molecule has 0 radical (unpaired) electrons. The van der Waals surface area contributed by atoms with Crippen molar-refractivity contribution in [1.82, 2.24) is 9.97 Å². The molecule has 0 bridgehead atoms. The predicted octanol–water partition coefficient (Wildman–Crippen LogP) is 9.95. The second-order valence-corrected chi connectivity index (χ2v) is 11.7. The highest BCUT2D eigenvalue weighted by Crippen LogP contribution is 2.62. The molecule has 0 atom stereocenters. The van der Waals surface area contributed by atoms with Crippen molar-refractivity contribution in [2.45, 2.75) is 5.41 Å². The molecule has 0 aliphatic heterocycles. The Morgan fingerprint density at radius 1 is 0.419 bits per heavy atom. The van der Waals surface area contributed by atoms with Crippen molar-refractivity contribution in [3.63, 3.8) is 0 Å². The third kappa shape index (κ3) is 2.88. The van der Waals surface area contributed by atoms with E-state index in [0.29, 0.717) is 0 Å². The lowest BCUT2D eigenvalue weighted by Gasteiger charge is -2.31. The molecule has 0 N–H and O–H groups in total. The average molecular weight is 545 g/mol. The van der Waals surface area contributed by atoms with Gasteiger partial charge in [0.25, 0.3) is 0 Å². The number of hydrogen-bond acceptors (Lipinski definition) is 2. The second kappa shape index (κ2) is 8.24. The van der Waals surface area contributed by atoms with Crippen LogP contribution in [0, 0.1) is 0 Å². The summed E-state index contributed by atoms with van der Waals surface area (Å²) < 4.78 is 0. The summed E-state index contributed by atoms with van der Waals surface area (Å²) in [7, 11) is 0. The maximum absolute atomic E-state index is 5.24. The Labute approximate surface area is 248 Å². The van der Waals surface area contributed by atoms with Crippen LogP contribution in [0.4, 0.5) is 0 Å². The first-order valence-electron chi connectivity index (χ1n) is 14.8. The van der Waals surface area contributed by atoms with E-state index in [0.717, 1.165) is 33.5 Å². The van der Waals surface area contributed by atoms with E-state index in [1.54, 1.807) is 0 Å². The van der Waals surface area contributed by atoms with E-state index in [9.17, 15) is 0 Å². The van der Waals surface area contributed by atoms with Gasteiger partial charge in [0.1, 0.15) is 0 Å². The zero-order chi connectivity index (χ0) is 28.1. The maximum atomic E-state index is 5.24. The third-order valence-corrected chi connectivity index (χ3v) is 9.65. The molecular weight excluding hydrogens is 520 g/mol. The molecule has 2 aliphatic rings. The normalized spacial score (nSPS) is 13.8. The molecule has 0 saturated heterocycles. The smallest absolute Gasteiger partial charge is 0.160 e. The van der Waals surface area contributed by atoms with Crippen LogP contribution in [-0.4, -0.2) is 9.97 Å². The van der Waals surface area contributed by atoms with E-state index in [4.69, 9.17) is 9.97 Å². The van der Waals surface area contributed by atoms with Gasteiger partial charge in [0, 0.05) is 16.5 Å². The van der Waals surface area contributed by atoms with Crippen LogP contribution in [0.3, 0.4) is 0 Å². The van der Waals surface area contributed by atoms with Gasteiger partial charge in [0.05, 0.1) is 16.6 Å². The summed E-state index contributed by atoms with van der Waals surface area (Å²) >= 11 is 0. The molecule has 0 amide bonds. The molecule has 43 heavy (non-hydrogen) atoms. The largest absolute Gasteiger partial charge is 0.228 e. The second-order valence-electron chi connectivity index (χ2n) is 11.7. The summed E-state index contributed by atoms with van der Waals surface area (Å²) in [6.07, 6.45) is 0. The summed E-state index contributed by atoms with van der Waals surface area (Å²) in [6.45, 7) is 0. The third-order valence-electron chi connectivity index (χ3n) is 9.65. The number of nitrogens with zero attached hydrogens (tertiary/aromatic N) is 2. The number of hydrogen-bond donors (Lipinski definition) is 0. The molecule has 198 valence electrons. The highest BCUT2D eigenvalue weighted by molar-refractivity contribution is 6.17. The van der Waals surface area contributed by atoms with Crippen LogP contribution in [0.25, 0.3) is 66.2 Å². The van der Waals surface area contributed by atoms with Gasteiger partial charge in [-0.25, -0.2) is 9.97 Å². The molecule has 1 aromatic heterocycles. The molecule has 2 nitrogen and oxygen atoms in total. The van der Waals surface area contributed by atoms with Crippen LogP contribution in [0.2, 0.25) is 0 Å². The summed E-state index contributed by atoms with van der Waals surface area (Å²) in [5, 5.41) is 6.39. The molecule has 1 heterocycles. The van der Waals surface area contributed by atoms with Crippen molar-refractivity contribution in [3.8, 4) is 33.8 Å². The molecule has 2 heteroatoms. The highest BCUT2D eigenvalue weighted by atomic mass is 14.9. The Balaban J connectivity index is 1.30. The summed E-state index contributed by atoms with van der Waals surface area (Å²) in [5.41, 5.74) is 11.6. The van der Waals surface area contributed by atoms with Crippen molar-refractivity contribution >= 4 is 32.4 Å². The number of para-hydroxylation sites is 1. The molecule has 0 fully saturated rings. The van der Waals surface area contributed by atoms with Crippen molar-refractivity contribution in [2.24, 2.45) is 0 Å². The Bertz CT molecular complexity index is 2390. The SMILES string of the molecule is c1ccc(-c2nc(-c3ccc4c(c3)C3(c5ccccc5-4)c4cccc5ccc6cccc3c6c45)nc3ccccc23)cc1. The number of benzene rings is 7. The Morgan fingerprint density at radius 3 is 1.86 bits per heavy atom. The van der Waals surface area contributed by atoms with E-state index in [2.05, 4.69) is 140 Å². The van der Waals surface area contributed by atoms with Crippen LogP contribution >= 0.6 is 0 Å². The monoisotopic (exact) mass is 544 g/mol. The van der Waals surface area contributed by atoms with E-state index < -0.39 is 5.41 Å². The number of rotatable bonds is 2. The Hall–Kier alpha value is -5.60. The van der Waals surface area contributed by atoms with Crippen LogP contribution in [0.1, 0.15) is 22.3 Å². The average Bonchev–Trinajstić information content (AvgIpc) is 3.55. The van der Waals surface area contributed by atoms with Gasteiger partial charge >= 0.3 is 0 Å². The lowest BCUT2D eigenvalue weighted by Crippen LogP contribution is -2.26. The summed E-state index contributed by atoms with van der Waals surface area (Å²) in [5.74, 6) is 0.749. The maximum Gasteiger partial charge on any atom is 0.160 e. The van der Waals surface area contributed by atoms with Crippen LogP contribution < -0.4 is 0 Å². The zero-order valence-electron chi connectivity index (χ0n) is 23.3. The summed E-state index contributed by atoms with van der Waals surface area (Å²) in [6, 6.07) is 52.8. The minimum absolute atomic E-state index is 0.399. The minimum Gasteiger partial charge on any atom is -0.228 e. The Kier molecular flexibility index (Phi) is 4.41. The van der Waals surface area contributed by atoms with Gasteiger partial charge < -0.3 is 0 Å². The molecule has 10 rings (SSSR count). The van der Waals surface area contributed by atoms with Gasteiger partial charge in [-0.3, -0.25) is 0 Å². The van der Waals surface area contributed by atoms with Gasteiger partial charge in [-0.15, -0.1) is 0 Å². The standard InChI is InChI=1S/C41H24N2/c1-2-10-27(11-3-1)39-31-15-5-7-19-36(31)42-40(43-39)28-22-23-30-29-14-4-6-16-32(29)41(35(30)24-28)33-17-8-12-25-20-21-26-13-9-18-34(41)38(26)37(25)33/h1-24H. The molecule has 0 unspecified atom stereocenters. The van der Waals surface area contributed by atoms with E-state index in [1.807, 2.05) is 6.07 Å². The van der Waals surface area contributed by atoms with Gasteiger partial charge in [0.15, 0.2) is 5.82 Å². The van der Waals surface area contributed by atoms with E-state index in [1.165, 1.54) is 54.9 Å². The van der Waals surface area contributed by atoms with Gasteiger partial charge in [0.2, 0.25) is 0 Å². The predicted molar refractivity (Wildman–Crippen MR) is 176 cm³/mol. The number of fused-ring (bicyclic) bond motifs is 8. The zero-order valence-corrected chi connectivity index (χ0v) is 23.3. The molecule has 0 saturated carbocycles. The van der Waals surface area contributed by atoms with Crippen LogP contribution in [-0.2, 0) is 5.41 Å². The molecular formula is C41H24N2. The fourth-order valence-electron chi connectivity index (χ4n) is 7.95. The first kappa shape index (κ1) is 23.0. The first-order chi connectivity index (χ1) is 21.3. The minimum atomic E-state index is -0.399. The molecule has 8 aromatic rings. The van der Waals surface area contributed by atoms with Crippen molar-refractivity contribution < 1.29 is 0 Å². The number of aromatic nitrogens is 2. The Morgan fingerprint density at radius 2 is 1.07 bits per heavy atom. The highest BCUT2D eigenvalue weighted by Gasteiger charge is 2.50. The molecule has 7 aromatic carbocycles. The summed E-state index contributed by atoms with van der Waals surface area (Å²) in [4.78, 5) is 10.4. The lowest BCUT2D eigenvalue weighted by atomic mass is 9.70. The van der Waals surface area contributed by atoms with Crippen LogP contribution in [0.5, 0.6) is 0 Å². The van der Waals surface area contributed by atoms with Crippen LogP contribution in [0.15, 0.2) is 146 Å².